The number of carbonyl (C=O) groups is 1. The number of hydrogen-bond acceptors (Lipinski definition) is 4. The fraction of sp³-hybridized carbons (Fsp3) is 0.474. The number of nitrogens with zero attached hydrogens (tertiary/aromatic N) is 3. The minimum absolute atomic E-state index is 0.0365. The molecular weight excluding hydrogens is 318 g/mol. The molecule has 2 aliphatic heterocycles. The normalized spacial score (nSPS) is 20.2. The summed E-state index contributed by atoms with van der Waals surface area (Å²) in [6.07, 6.45) is 5.10. The highest BCUT2D eigenvalue weighted by Crippen LogP contribution is 2.29. The van der Waals surface area contributed by atoms with Crippen LogP contribution in [0.25, 0.3) is 0 Å². The van der Waals surface area contributed by atoms with Crippen LogP contribution < -0.4 is 4.74 Å². The Labute approximate surface area is 147 Å². The molecule has 4 rings (SSSR count). The van der Waals surface area contributed by atoms with Gasteiger partial charge in [0, 0.05) is 13.1 Å². The summed E-state index contributed by atoms with van der Waals surface area (Å²) in [5.74, 6) is 0.872. The molecule has 0 spiro atoms. The molecule has 1 saturated heterocycles. The maximum absolute atomic E-state index is 12.7. The van der Waals surface area contributed by atoms with E-state index in [1.807, 2.05) is 29.2 Å². The number of benzene rings is 1. The largest absolute Gasteiger partial charge is 0.497 e. The van der Waals surface area contributed by atoms with E-state index in [1.165, 1.54) is 6.42 Å². The average Bonchev–Trinajstić information content (AvgIpc) is 3.11. The first kappa shape index (κ1) is 16.1. The van der Waals surface area contributed by atoms with Crippen molar-refractivity contribution in [2.75, 3.05) is 20.2 Å². The van der Waals surface area contributed by atoms with Crippen molar-refractivity contribution in [3.05, 3.63) is 47.5 Å². The van der Waals surface area contributed by atoms with Gasteiger partial charge in [-0.15, -0.1) is 0 Å². The van der Waals surface area contributed by atoms with Gasteiger partial charge in [-0.1, -0.05) is 12.1 Å². The number of rotatable bonds is 3. The highest BCUT2D eigenvalue weighted by Gasteiger charge is 2.29. The Bertz CT molecular complexity index is 748. The number of hydrogen-bond donors (Lipinski definition) is 0. The predicted octanol–water partition coefficient (Wildman–Crippen LogP) is 2.79. The number of amides is 1. The quantitative estimate of drug-likeness (QED) is 0.861. The van der Waals surface area contributed by atoms with E-state index in [0.29, 0.717) is 18.8 Å². The molecule has 2 aliphatic rings. The number of methoxy groups -OCH3 is 1. The van der Waals surface area contributed by atoms with Crippen LogP contribution in [0, 0.1) is 0 Å². The van der Waals surface area contributed by atoms with Gasteiger partial charge in [-0.3, -0.25) is 4.79 Å². The number of ether oxygens (including phenoxy) is 2. The molecule has 3 heterocycles. The Hall–Kier alpha value is -2.34. The zero-order valence-electron chi connectivity index (χ0n) is 14.5. The summed E-state index contributed by atoms with van der Waals surface area (Å²) in [5.41, 5.74) is 2.54. The molecule has 6 heteroatoms. The van der Waals surface area contributed by atoms with Gasteiger partial charge < -0.3 is 18.9 Å². The molecule has 1 fully saturated rings. The molecule has 1 amide bonds. The highest BCUT2D eigenvalue weighted by atomic mass is 16.5. The summed E-state index contributed by atoms with van der Waals surface area (Å²) >= 11 is 0. The zero-order valence-corrected chi connectivity index (χ0v) is 14.5. The first-order valence-corrected chi connectivity index (χ1v) is 8.85. The molecule has 0 N–H and O–H groups in total. The van der Waals surface area contributed by atoms with Crippen LogP contribution in [-0.2, 0) is 17.9 Å². The highest BCUT2D eigenvalue weighted by molar-refractivity contribution is 5.93. The molecule has 2 aromatic rings. The number of aromatic nitrogens is 2. The van der Waals surface area contributed by atoms with Crippen molar-refractivity contribution in [1.29, 1.82) is 0 Å². The second-order valence-corrected chi connectivity index (χ2v) is 6.62. The number of likely N-dealkylation sites (tertiary alicyclic amines) is 1. The fourth-order valence-corrected chi connectivity index (χ4v) is 3.57. The third kappa shape index (κ3) is 3.14. The molecule has 1 aromatic carbocycles. The summed E-state index contributed by atoms with van der Waals surface area (Å²) in [5, 5.41) is 0. The molecule has 132 valence electrons. The summed E-state index contributed by atoms with van der Waals surface area (Å²) in [4.78, 5) is 19.1. The van der Waals surface area contributed by atoms with Gasteiger partial charge in [0.15, 0.2) is 5.69 Å². The van der Waals surface area contributed by atoms with E-state index >= 15 is 0 Å². The number of carbonyl (C=O) groups excluding carboxylic acids is 1. The van der Waals surface area contributed by atoms with Crippen molar-refractivity contribution in [1.82, 2.24) is 14.5 Å². The molecule has 0 bridgehead atoms. The van der Waals surface area contributed by atoms with E-state index in [-0.39, 0.29) is 12.0 Å². The van der Waals surface area contributed by atoms with Crippen LogP contribution in [0.4, 0.5) is 0 Å². The lowest BCUT2D eigenvalue weighted by Gasteiger charge is -2.28. The van der Waals surface area contributed by atoms with Gasteiger partial charge in [0.25, 0.3) is 5.91 Å². The van der Waals surface area contributed by atoms with Crippen LogP contribution in [0.15, 0.2) is 30.6 Å². The Morgan fingerprint density at radius 2 is 1.96 bits per heavy atom. The predicted molar refractivity (Wildman–Crippen MR) is 92.5 cm³/mol. The van der Waals surface area contributed by atoms with Crippen LogP contribution in [0.5, 0.6) is 5.75 Å². The van der Waals surface area contributed by atoms with E-state index in [4.69, 9.17) is 9.47 Å². The van der Waals surface area contributed by atoms with Gasteiger partial charge in [-0.25, -0.2) is 4.98 Å². The van der Waals surface area contributed by atoms with E-state index in [1.54, 1.807) is 13.4 Å². The lowest BCUT2D eigenvalue weighted by molar-refractivity contribution is 0.00228. The van der Waals surface area contributed by atoms with Crippen LogP contribution in [-0.4, -0.2) is 40.6 Å². The zero-order chi connectivity index (χ0) is 17.2. The molecule has 0 aliphatic carbocycles. The van der Waals surface area contributed by atoms with Crippen LogP contribution in [0.3, 0.4) is 0 Å². The fourth-order valence-electron chi connectivity index (χ4n) is 3.57. The van der Waals surface area contributed by atoms with Crippen molar-refractivity contribution in [2.45, 2.75) is 38.5 Å². The lowest BCUT2D eigenvalue weighted by Crippen LogP contribution is -2.36. The van der Waals surface area contributed by atoms with Crippen molar-refractivity contribution in [2.24, 2.45) is 0 Å². The lowest BCUT2D eigenvalue weighted by atomic mass is 10.1. The van der Waals surface area contributed by atoms with E-state index < -0.39 is 0 Å². The van der Waals surface area contributed by atoms with Gasteiger partial charge in [0.2, 0.25) is 0 Å². The first-order valence-electron chi connectivity index (χ1n) is 8.85. The Kier molecular flexibility index (Phi) is 4.44. The maximum atomic E-state index is 12.7. The van der Waals surface area contributed by atoms with E-state index in [0.717, 1.165) is 42.9 Å². The Morgan fingerprint density at radius 3 is 2.68 bits per heavy atom. The molecule has 6 nitrogen and oxygen atoms in total. The van der Waals surface area contributed by atoms with Crippen molar-refractivity contribution < 1.29 is 14.3 Å². The molecule has 1 atom stereocenters. The number of fused-ring (bicyclic) bond motifs is 1. The van der Waals surface area contributed by atoms with Crippen LogP contribution >= 0.6 is 0 Å². The third-order valence-corrected chi connectivity index (χ3v) is 5.06. The maximum Gasteiger partial charge on any atom is 0.274 e. The van der Waals surface area contributed by atoms with E-state index in [2.05, 4.69) is 9.55 Å². The first-order chi connectivity index (χ1) is 12.3. The van der Waals surface area contributed by atoms with Crippen molar-refractivity contribution >= 4 is 5.91 Å². The molecule has 0 radical (unpaired) electrons. The topological polar surface area (TPSA) is 56.6 Å². The molecular formula is C19H23N3O3. The molecule has 0 saturated carbocycles. The standard InChI is InChI=1S/C19H23N3O3/c1-24-15-7-5-14(6-8-15)17-11-22-13-20-18(16(22)12-25-17)19(23)21-9-3-2-4-10-21/h5-8,13,17H,2-4,9-12H2,1H3. The van der Waals surface area contributed by atoms with Crippen molar-refractivity contribution in [3.8, 4) is 5.75 Å². The van der Waals surface area contributed by atoms with Gasteiger partial charge >= 0.3 is 0 Å². The number of imidazole rings is 1. The monoisotopic (exact) mass is 341 g/mol. The van der Waals surface area contributed by atoms with Gasteiger partial charge in [-0.2, -0.15) is 0 Å². The average molecular weight is 341 g/mol. The summed E-state index contributed by atoms with van der Waals surface area (Å²) < 4.78 is 13.3. The number of piperidine rings is 1. The summed E-state index contributed by atoms with van der Waals surface area (Å²) in [6.45, 7) is 2.74. The summed E-state index contributed by atoms with van der Waals surface area (Å²) in [6, 6.07) is 7.91. The van der Waals surface area contributed by atoms with Crippen LogP contribution in [0.1, 0.15) is 47.1 Å². The SMILES string of the molecule is COc1ccc(C2Cn3cnc(C(=O)N4CCCCC4)c3CO2)cc1. The summed E-state index contributed by atoms with van der Waals surface area (Å²) in [7, 11) is 1.66. The third-order valence-electron chi connectivity index (χ3n) is 5.06. The molecule has 25 heavy (non-hydrogen) atoms. The van der Waals surface area contributed by atoms with Gasteiger partial charge in [0.05, 0.1) is 32.3 Å². The van der Waals surface area contributed by atoms with Gasteiger partial charge in [-0.05, 0) is 37.0 Å². The molecule has 1 unspecified atom stereocenters. The van der Waals surface area contributed by atoms with Crippen LogP contribution in [0.2, 0.25) is 0 Å². The van der Waals surface area contributed by atoms with E-state index in [9.17, 15) is 4.79 Å². The van der Waals surface area contributed by atoms with Crippen molar-refractivity contribution in [3.63, 3.8) is 0 Å². The Morgan fingerprint density at radius 1 is 1.20 bits per heavy atom. The second-order valence-electron chi connectivity index (χ2n) is 6.62. The smallest absolute Gasteiger partial charge is 0.274 e. The van der Waals surface area contributed by atoms with Gasteiger partial charge in [0.1, 0.15) is 11.9 Å². The minimum Gasteiger partial charge on any atom is -0.497 e. The Balaban J connectivity index is 1.50. The second kappa shape index (κ2) is 6.88. The minimum atomic E-state index is -0.0365. The molecule has 1 aromatic heterocycles.